The third kappa shape index (κ3) is 3.33. The molecule has 5 nitrogen and oxygen atoms in total. The highest BCUT2D eigenvalue weighted by Gasteiger charge is 2.45. The molecule has 0 radical (unpaired) electrons. The largest absolute Gasteiger partial charge is 0.416 e. The van der Waals surface area contributed by atoms with E-state index in [2.05, 4.69) is 15.3 Å². The van der Waals surface area contributed by atoms with E-state index in [-0.39, 0.29) is 44.9 Å². The van der Waals surface area contributed by atoms with Crippen LogP contribution in [0.1, 0.15) is 49.3 Å². The van der Waals surface area contributed by atoms with E-state index in [9.17, 15) is 22.8 Å². The number of anilines is 1. The van der Waals surface area contributed by atoms with Crippen molar-refractivity contribution in [2.45, 2.75) is 38.8 Å². The Morgan fingerprint density at radius 2 is 1.79 bits per heavy atom. The van der Waals surface area contributed by atoms with Gasteiger partial charge in [0.2, 0.25) is 0 Å². The summed E-state index contributed by atoms with van der Waals surface area (Å²) in [5.41, 5.74) is -1.21. The van der Waals surface area contributed by atoms with E-state index < -0.39 is 23.2 Å². The number of fused-ring (bicyclic) bond motifs is 1. The Balaban J connectivity index is 2.06. The molecule has 0 bridgehead atoms. The zero-order valence-electron chi connectivity index (χ0n) is 15.7. The van der Waals surface area contributed by atoms with Crippen molar-refractivity contribution in [1.82, 2.24) is 9.97 Å². The van der Waals surface area contributed by atoms with Crippen molar-refractivity contribution in [3.8, 4) is 0 Å². The minimum absolute atomic E-state index is 0.0297. The fraction of sp³-hybridized carbons (Fsp3) is 0.350. The summed E-state index contributed by atoms with van der Waals surface area (Å²) in [4.78, 5) is 31.0. The van der Waals surface area contributed by atoms with Gasteiger partial charge in [-0.05, 0) is 35.7 Å². The van der Waals surface area contributed by atoms with Crippen LogP contribution in [0.2, 0.25) is 0 Å². The van der Waals surface area contributed by atoms with Crippen molar-refractivity contribution in [2.75, 3.05) is 5.32 Å². The van der Waals surface area contributed by atoms with Gasteiger partial charge < -0.3 is 10.3 Å². The molecule has 2 aromatic rings. The summed E-state index contributed by atoms with van der Waals surface area (Å²) in [6.07, 6.45) is -3.98. The first-order valence-corrected chi connectivity index (χ1v) is 9.45. The first-order chi connectivity index (χ1) is 13.5. The molecule has 1 aliphatic heterocycles. The SMILES string of the molecule is CC1(C)CC(=O)C2=C(C1)Nc1[nH]c(=S)[nH]c(=O)c1C2c1ccccc1C(F)(F)F. The number of benzene rings is 1. The molecule has 29 heavy (non-hydrogen) atoms. The van der Waals surface area contributed by atoms with E-state index in [4.69, 9.17) is 12.2 Å². The molecule has 0 saturated carbocycles. The summed E-state index contributed by atoms with van der Waals surface area (Å²) in [6, 6.07) is 5.05. The first kappa shape index (κ1) is 19.6. The molecule has 1 aromatic carbocycles. The average Bonchev–Trinajstić information content (AvgIpc) is 2.57. The van der Waals surface area contributed by atoms with Crippen LogP contribution < -0.4 is 10.9 Å². The highest BCUT2D eigenvalue weighted by atomic mass is 32.1. The smallest absolute Gasteiger partial charge is 0.344 e. The molecule has 3 N–H and O–H groups in total. The van der Waals surface area contributed by atoms with Crippen LogP contribution in [0.5, 0.6) is 0 Å². The molecule has 4 rings (SSSR count). The maximum Gasteiger partial charge on any atom is 0.416 e. The molecule has 0 amide bonds. The van der Waals surface area contributed by atoms with Crippen molar-refractivity contribution in [3.63, 3.8) is 0 Å². The molecule has 0 fully saturated rings. The van der Waals surface area contributed by atoms with Crippen LogP contribution in [-0.2, 0) is 11.0 Å². The number of H-pyrrole nitrogens is 2. The van der Waals surface area contributed by atoms with Crippen LogP contribution in [-0.4, -0.2) is 15.8 Å². The lowest BCUT2D eigenvalue weighted by Gasteiger charge is -2.39. The zero-order valence-corrected chi connectivity index (χ0v) is 16.5. The van der Waals surface area contributed by atoms with E-state index in [1.165, 1.54) is 18.2 Å². The molecular weight excluding hydrogens is 403 g/mol. The highest BCUT2D eigenvalue weighted by Crippen LogP contribution is 2.49. The van der Waals surface area contributed by atoms with Gasteiger partial charge in [0.25, 0.3) is 5.56 Å². The number of halogens is 3. The van der Waals surface area contributed by atoms with Gasteiger partial charge in [0.05, 0.1) is 11.1 Å². The number of hydrogen-bond donors (Lipinski definition) is 3. The fourth-order valence-electron chi connectivity index (χ4n) is 4.26. The number of allylic oxidation sites excluding steroid dienone is 2. The topological polar surface area (TPSA) is 77.8 Å². The molecule has 1 aromatic heterocycles. The Labute approximate surface area is 169 Å². The Bertz CT molecular complexity index is 1170. The number of nitrogens with one attached hydrogen (secondary N) is 3. The maximum atomic E-state index is 13.8. The molecule has 9 heteroatoms. The second kappa shape index (κ2) is 6.41. The number of carbonyl (C=O) groups is 1. The monoisotopic (exact) mass is 421 g/mol. The standard InChI is InChI=1S/C20H18F3N3O2S/c1-19(2)7-11-14(12(27)8-19)13(9-5-3-4-6-10(9)20(21,22)23)15-16(24-11)25-18(29)26-17(15)28/h3-6,13H,7-8H2,1-2H3,(H3,24,25,26,28,29). The van der Waals surface area contributed by atoms with Crippen LogP contribution in [0.15, 0.2) is 40.3 Å². The average molecular weight is 421 g/mol. The van der Waals surface area contributed by atoms with E-state index >= 15 is 0 Å². The minimum Gasteiger partial charge on any atom is -0.344 e. The highest BCUT2D eigenvalue weighted by molar-refractivity contribution is 7.71. The van der Waals surface area contributed by atoms with Crippen molar-refractivity contribution < 1.29 is 18.0 Å². The van der Waals surface area contributed by atoms with Gasteiger partial charge in [-0.2, -0.15) is 13.2 Å². The number of hydrogen-bond acceptors (Lipinski definition) is 4. The van der Waals surface area contributed by atoms with Crippen molar-refractivity contribution in [3.05, 3.63) is 67.4 Å². The number of aromatic nitrogens is 2. The van der Waals surface area contributed by atoms with Gasteiger partial charge in [-0.3, -0.25) is 14.6 Å². The number of rotatable bonds is 1. The normalized spacial score (nSPS) is 20.7. The Morgan fingerprint density at radius 1 is 1.10 bits per heavy atom. The Kier molecular flexibility index (Phi) is 4.34. The van der Waals surface area contributed by atoms with Gasteiger partial charge in [0, 0.05) is 23.6 Å². The molecule has 1 aliphatic carbocycles. The predicted molar refractivity (Wildman–Crippen MR) is 104 cm³/mol. The summed E-state index contributed by atoms with van der Waals surface area (Å²) in [5.74, 6) is -1.18. The third-order valence-electron chi connectivity index (χ3n) is 5.33. The molecule has 1 atom stereocenters. The Morgan fingerprint density at radius 3 is 2.48 bits per heavy atom. The predicted octanol–water partition coefficient (Wildman–Crippen LogP) is 4.65. The molecule has 1 unspecified atom stereocenters. The molecule has 2 heterocycles. The van der Waals surface area contributed by atoms with Crippen molar-refractivity contribution >= 4 is 23.8 Å². The van der Waals surface area contributed by atoms with Gasteiger partial charge in [0.15, 0.2) is 10.6 Å². The quantitative estimate of drug-likeness (QED) is 0.586. The van der Waals surface area contributed by atoms with Crippen LogP contribution in [0, 0.1) is 10.2 Å². The van der Waals surface area contributed by atoms with Crippen molar-refractivity contribution in [1.29, 1.82) is 0 Å². The number of ketones is 1. The van der Waals surface area contributed by atoms with Gasteiger partial charge in [-0.1, -0.05) is 32.0 Å². The lowest BCUT2D eigenvalue weighted by Crippen LogP contribution is -2.37. The van der Waals surface area contributed by atoms with Gasteiger partial charge >= 0.3 is 6.18 Å². The van der Waals surface area contributed by atoms with Crippen LogP contribution in [0.3, 0.4) is 0 Å². The van der Waals surface area contributed by atoms with Gasteiger partial charge in [0.1, 0.15) is 5.82 Å². The lowest BCUT2D eigenvalue weighted by molar-refractivity contribution is -0.138. The second-order valence-electron chi connectivity index (χ2n) is 8.17. The summed E-state index contributed by atoms with van der Waals surface area (Å²) in [7, 11) is 0. The van der Waals surface area contributed by atoms with E-state index in [1.54, 1.807) is 0 Å². The van der Waals surface area contributed by atoms with E-state index in [0.29, 0.717) is 12.1 Å². The van der Waals surface area contributed by atoms with Crippen molar-refractivity contribution in [2.24, 2.45) is 5.41 Å². The molecule has 0 spiro atoms. The summed E-state index contributed by atoms with van der Waals surface area (Å²) in [6.45, 7) is 3.84. The molecule has 0 saturated heterocycles. The fourth-order valence-corrected chi connectivity index (χ4v) is 4.46. The number of carbonyl (C=O) groups excluding carboxylic acids is 1. The molecule has 152 valence electrons. The van der Waals surface area contributed by atoms with Crippen LogP contribution in [0.25, 0.3) is 0 Å². The first-order valence-electron chi connectivity index (χ1n) is 9.04. The molecular formula is C20H18F3N3O2S. The third-order valence-corrected chi connectivity index (χ3v) is 5.53. The second-order valence-corrected chi connectivity index (χ2v) is 8.58. The zero-order chi connectivity index (χ0) is 21.1. The van der Waals surface area contributed by atoms with E-state index in [1.807, 2.05) is 13.8 Å². The lowest BCUT2D eigenvalue weighted by atomic mass is 9.69. The summed E-state index contributed by atoms with van der Waals surface area (Å²) < 4.78 is 41.3. The van der Waals surface area contributed by atoms with Gasteiger partial charge in [-0.15, -0.1) is 0 Å². The van der Waals surface area contributed by atoms with Crippen LogP contribution in [0.4, 0.5) is 19.0 Å². The summed E-state index contributed by atoms with van der Waals surface area (Å²) in [5, 5.41) is 3.06. The molecule has 2 aliphatic rings. The Hall–Kier alpha value is -2.68. The minimum atomic E-state index is -4.63. The van der Waals surface area contributed by atoms with E-state index in [0.717, 1.165) is 6.07 Å². The van der Waals surface area contributed by atoms with Gasteiger partial charge in [-0.25, -0.2) is 0 Å². The maximum absolute atomic E-state index is 13.8. The number of alkyl halides is 3. The number of aromatic amines is 2. The number of Topliss-reactive ketones (excluding diaryl/α,β-unsaturated/α-hetero) is 1. The van der Waals surface area contributed by atoms with Crippen LogP contribution >= 0.6 is 12.2 Å². The summed E-state index contributed by atoms with van der Waals surface area (Å²) >= 11 is 5.03.